The number of ether oxygens (including phenoxy) is 2. The van der Waals surface area contributed by atoms with Crippen LogP contribution in [-0.2, 0) is 9.47 Å². The molecule has 0 bridgehead atoms. The zero-order chi connectivity index (χ0) is 12.8. The number of rotatable bonds is 5. The molecule has 0 aliphatic carbocycles. The molecule has 0 radical (unpaired) electrons. The first-order valence-corrected chi connectivity index (χ1v) is 5.73. The molecule has 1 unspecified atom stereocenters. The van der Waals surface area contributed by atoms with E-state index in [9.17, 15) is 4.79 Å². The van der Waals surface area contributed by atoms with Gasteiger partial charge in [0.15, 0.2) is 0 Å². The predicted molar refractivity (Wildman–Crippen MR) is 64.5 cm³/mol. The number of alkyl carbamates (subject to hydrolysis) is 1. The van der Waals surface area contributed by atoms with Gasteiger partial charge in [-0.25, -0.2) is 4.79 Å². The molecule has 16 heavy (non-hydrogen) atoms. The molecule has 4 heteroatoms. The standard InChI is InChI=1S/C12H25NO3/c1-9(2)7-10(8-15-6)13-11(14)16-12(3,4)5/h9-10H,7-8H2,1-6H3,(H,13,14). The van der Waals surface area contributed by atoms with Gasteiger partial charge in [-0.2, -0.15) is 0 Å². The lowest BCUT2D eigenvalue weighted by molar-refractivity contribution is 0.0458. The van der Waals surface area contributed by atoms with Crippen LogP contribution in [0.15, 0.2) is 0 Å². The maximum Gasteiger partial charge on any atom is 0.407 e. The van der Waals surface area contributed by atoms with Crippen LogP contribution in [0.25, 0.3) is 0 Å². The molecule has 1 N–H and O–H groups in total. The van der Waals surface area contributed by atoms with Gasteiger partial charge in [-0.3, -0.25) is 0 Å². The van der Waals surface area contributed by atoms with E-state index in [0.717, 1.165) is 6.42 Å². The second-order valence-electron chi connectivity index (χ2n) is 5.43. The summed E-state index contributed by atoms with van der Waals surface area (Å²) in [4.78, 5) is 11.5. The minimum atomic E-state index is -0.459. The second-order valence-corrected chi connectivity index (χ2v) is 5.43. The van der Waals surface area contributed by atoms with Crippen LogP contribution < -0.4 is 5.32 Å². The monoisotopic (exact) mass is 231 g/mol. The van der Waals surface area contributed by atoms with Crippen molar-refractivity contribution in [2.45, 2.75) is 52.7 Å². The normalized spacial score (nSPS) is 13.7. The lowest BCUT2D eigenvalue weighted by Gasteiger charge is -2.24. The van der Waals surface area contributed by atoms with Crippen LogP contribution in [0, 0.1) is 5.92 Å². The zero-order valence-electron chi connectivity index (χ0n) is 11.3. The molecule has 0 fully saturated rings. The van der Waals surface area contributed by atoms with Crippen LogP contribution in [-0.4, -0.2) is 31.5 Å². The van der Waals surface area contributed by atoms with E-state index in [2.05, 4.69) is 19.2 Å². The summed E-state index contributed by atoms with van der Waals surface area (Å²) in [6.07, 6.45) is 0.503. The first-order valence-electron chi connectivity index (χ1n) is 5.73. The number of hydrogen-bond acceptors (Lipinski definition) is 3. The van der Waals surface area contributed by atoms with Gasteiger partial charge >= 0.3 is 6.09 Å². The lowest BCUT2D eigenvalue weighted by Crippen LogP contribution is -2.42. The molecule has 0 aromatic rings. The molecular weight excluding hydrogens is 206 g/mol. The minimum absolute atomic E-state index is 0.0137. The Hall–Kier alpha value is -0.770. The van der Waals surface area contributed by atoms with E-state index >= 15 is 0 Å². The van der Waals surface area contributed by atoms with Gasteiger partial charge in [0.2, 0.25) is 0 Å². The molecule has 1 atom stereocenters. The highest BCUT2D eigenvalue weighted by Gasteiger charge is 2.19. The van der Waals surface area contributed by atoms with Gasteiger partial charge in [0.25, 0.3) is 0 Å². The van der Waals surface area contributed by atoms with Gasteiger partial charge in [0, 0.05) is 7.11 Å². The topological polar surface area (TPSA) is 47.6 Å². The first-order chi connectivity index (χ1) is 7.24. The summed E-state index contributed by atoms with van der Waals surface area (Å²) < 4.78 is 10.3. The second kappa shape index (κ2) is 6.74. The summed E-state index contributed by atoms with van der Waals surface area (Å²) in [7, 11) is 1.63. The van der Waals surface area contributed by atoms with Crippen molar-refractivity contribution in [3.8, 4) is 0 Å². The molecule has 0 aromatic heterocycles. The molecule has 0 saturated carbocycles. The highest BCUT2D eigenvalue weighted by atomic mass is 16.6. The Kier molecular flexibility index (Phi) is 6.41. The van der Waals surface area contributed by atoms with Gasteiger partial charge in [0.05, 0.1) is 12.6 Å². The number of carbonyl (C=O) groups is 1. The third-order valence-corrected chi connectivity index (χ3v) is 1.84. The van der Waals surface area contributed by atoms with E-state index in [-0.39, 0.29) is 12.1 Å². The van der Waals surface area contributed by atoms with Crippen molar-refractivity contribution >= 4 is 6.09 Å². The molecule has 0 spiro atoms. The maximum atomic E-state index is 11.5. The maximum absolute atomic E-state index is 11.5. The molecular formula is C12H25NO3. The fourth-order valence-corrected chi connectivity index (χ4v) is 1.41. The van der Waals surface area contributed by atoms with Crippen molar-refractivity contribution < 1.29 is 14.3 Å². The summed E-state index contributed by atoms with van der Waals surface area (Å²) in [5, 5.41) is 2.82. The zero-order valence-corrected chi connectivity index (χ0v) is 11.3. The van der Waals surface area contributed by atoms with Crippen LogP contribution >= 0.6 is 0 Å². The quantitative estimate of drug-likeness (QED) is 0.791. The Morgan fingerprint density at radius 1 is 1.31 bits per heavy atom. The number of methoxy groups -OCH3 is 1. The smallest absolute Gasteiger partial charge is 0.407 e. The van der Waals surface area contributed by atoms with Crippen LogP contribution in [0.2, 0.25) is 0 Å². The largest absolute Gasteiger partial charge is 0.444 e. The number of amides is 1. The fourth-order valence-electron chi connectivity index (χ4n) is 1.41. The number of hydrogen-bond donors (Lipinski definition) is 1. The Morgan fingerprint density at radius 3 is 2.25 bits per heavy atom. The Bertz CT molecular complexity index is 209. The third-order valence-electron chi connectivity index (χ3n) is 1.84. The fraction of sp³-hybridized carbons (Fsp3) is 0.917. The molecule has 0 aliphatic heterocycles. The van der Waals surface area contributed by atoms with Crippen LogP contribution in [0.1, 0.15) is 41.0 Å². The lowest BCUT2D eigenvalue weighted by atomic mass is 10.0. The van der Waals surface area contributed by atoms with Crippen molar-refractivity contribution in [1.82, 2.24) is 5.32 Å². The highest BCUT2D eigenvalue weighted by Crippen LogP contribution is 2.09. The van der Waals surface area contributed by atoms with E-state index in [1.54, 1.807) is 7.11 Å². The Balaban J connectivity index is 4.12. The summed E-state index contributed by atoms with van der Waals surface area (Å²) in [5.74, 6) is 0.509. The minimum Gasteiger partial charge on any atom is -0.444 e. The third kappa shape index (κ3) is 8.53. The summed E-state index contributed by atoms with van der Waals surface area (Å²) in [6, 6.07) is 0.0137. The van der Waals surface area contributed by atoms with Crippen LogP contribution in [0.3, 0.4) is 0 Å². The van der Waals surface area contributed by atoms with Gasteiger partial charge in [0.1, 0.15) is 5.60 Å². The van der Waals surface area contributed by atoms with Gasteiger partial charge in [-0.15, -0.1) is 0 Å². The average Bonchev–Trinajstić information content (AvgIpc) is 1.98. The van der Waals surface area contributed by atoms with Gasteiger partial charge < -0.3 is 14.8 Å². The van der Waals surface area contributed by atoms with Crippen molar-refractivity contribution in [2.75, 3.05) is 13.7 Å². The molecule has 0 rings (SSSR count). The molecule has 0 aromatic carbocycles. The van der Waals surface area contributed by atoms with E-state index < -0.39 is 5.60 Å². The van der Waals surface area contributed by atoms with Crippen LogP contribution in [0.4, 0.5) is 4.79 Å². The molecule has 4 nitrogen and oxygen atoms in total. The molecule has 0 aliphatic rings. The summed E-state index contributed by atoms with van der Waals surface area (Å²) >= 11 is 0. The molecule has 0 saturated heterocycles. The summed E-state index contributed by atoms with van der Waals surface area (Å²) in [6.45, 7) is 10.3. The first kappa shape index (κ1) is 15.2. The molecule has 1 amide bonds. The van der Waals surface area contributed by atoms with Crippen molar-refractivity contribution in [3.63, 3.8) is 0 Å². The molecule has 96 valence electrons. The highest BCUT2D eigenvalue weighted by molar-refractivity contribution is 5.68. The van der Waals surface area contributed by atoms with Gasteiger partial charge in [-0.1, -0.05) is 13.8 Å². The van der Waals surface area contributed by atoms with E-state index in [1.807, 2.05) is 20.8 Å². The van der Waals surface area contributed by atoms with E-state index in [4.69, 9.17) is 9.47 Å². The van der Waals surface area contributed by atoms with E-state index in [0.29, 0.717) is 12.5 Å². The van der Waals surface area contributed by atoms with Crippen molar-refractivity contribution in [3.05, 3.63) is 0 Å². The molecule has 0 heterocycles. The van der Waals surface area contributed by atoms with E-state index in [1.165, 1.54) is 0 Å². The Morgan fingerprint density at radius 2 is 1.88 bits per heavy atom. The average molecular weight is 231 g/mol. The summed E-state index contributed by atoms with van der Waals surface area (Å²) in [5.41, 5.74) is -0.459. The Labute approximate surface area is 98.7 Å². The SMILES string of the molecule is COCC(CC(C)C)NC(=O)OC(C)(C)C. The van der Waals surface area contributed by atoms with Crippen LogP contribution in [0.5, 0.6) is 0 Å². The van der Waals surface area contributed by atoms with Gasteiger partial charge in [-0.05, 0) is 33.1 Å². The number of carbonyl (C=O) groups excluding carboxylic acids is 1. The predicted octanol–water partition coefficient (Wildman–Crippen LogP) is 2.57. The number of nitrogens with one attached hydrogen (secondary N) is 1. The van der Waals surface area contributed by atoms with Crippen molar-refractivity contribution in [1.29, 1.82) is 0 Å². The van der Waals surface area contributed by atoms with Crippen molar-refractivity contribution in [2.24, 2.45) is 5.92 Å².